The predicted octanol–water partition coefficient (Wildman–Crippen LogP) is 2.30. The molecular weight excluding hydrogens is 271 g/mol. The van der Waals surface area contributed by atoms with Crippen LogP contribution in [0.15, 0.2) is 22.7 Å². The topological polar surface area (TPSA) is 54.4 Å². The molecule has 1 rings (SSSR count). The van der Waals surface area contributed by atoms with Crippen molar-refractivity contribution < 1.29 is 14.7 Å². The number of hydrogen-bond acceptors (Lipinski definition) is 2. The van der Waals surface area contributed by atoms with E-state index in [0.29, 0.717) is 15.1 Å². The second-order valence-electron chi connectivity index (χ2n) is 2.65. The maximum atomic E-state index is 10.9. The molecule has 3 nitrogen and oxygen atoms in total. The Kier molecular flexibility index (Phi) is 3.66. The molecule has 0 amide bonds. The van der Waals surface area contributed by atoms with Crippen molar-refractivity contribution in [3.63, 3.8) is 0 Å². The van der Waals surface area contributed by atoms with E-state index < -0.39 is 11.8 Å². The third-order valence-corrected chi connectivity index (χ3v) is 2.82. The molecule has 1 aromatic carbocycles. The number of benzene rings is 1. The van der Waals surface area contributed by atoms with Gasteiger partial charge < -0.3 is 5.11 Å². The van der Waals surface area contributed by atoms with Crippen molar-refractivity contribution in [3.05, 3.63) is 33.3 Å². The Morgan fingerprint density at radius 2 is 2.07 bits per heavy atom. The molecule has 0 aromatic heterocycles. The second-order valence-corrected chi connectivity index (χ2v) is 3.92. The largest absolute Gasteiger partial charge is 0.475 e. The van der Waals surface area contributed by atoms with E-state index in [-0.39, 0.29) is 6.42 Å². The van der Waals surface area contributed by atoms with E-state index in [1.54, 1.807) is 18.2 Å². The number of Topliss-reactive ketones (excluding diaryl/α,β-unsaturated/α-hetero) is 1. The van der Waals surface area contributed by atoms with Crippen molar-refractivity contribution in [3.8, 4) is 0 Å². The first-order valence-electron chi connectivity index (χ1n) is 3.70. The molecule has 0 bridgehead atoms. The van der Waals surface area contributed by atoms with Gasteiger partial charge in [0.15, 0.2) is 0 Å². The van der Waals surface area contributed by atoms with Crippen molar-refractivity contribution in [1.29, 1.82) is 0 Å². The standard InChI is InChI=1S/C9H6BrClO3/c10-6-2-1-5(3-7(6)11)4-8(12)9(13)14/h1-3H,4H2,(H,13,14). The van der Waals surface area contributed by atoms with Gasteiger partial charge in [-0.25, -0.2) is 4.79 Å². The Labute approximate surface area is 93.8 Å². The molecule has 0 fully saturated rings. The normalized spacial score (nSPS) is 9.86. The number of ketones is 1. The number of rotatable bonds is 3. The summed E-state index contributed by atoms with van der Waals surface area (Å²) in [5, 5.41) is 8.83. The summed E-state index contributed by atoms with van der Waals surface area (Å²) in [6.07, 6.45) is -0.137. The van der Waals surface area contributed by atoms with Crippen LogP contribution >= 0.6 is 27.5 Å². The third-order valence-electron chi connectivity index (χ3n) is 1.59. The van der Waals surface area contributed by atoms with E-state index in [2.05, 4.69) is 15.9 Å². The van der Waals surface area contributed by atoms with Crippen LogP contribution in [-0.2, 0) is 16.0 Å². The van der Waals surface area contributed by atoms with Crippen LogP contribution in [0.25, 0.3) is 0 Å². The highest BCUT2D eigenvalue weighted by atomic mass is 79.9. The maximum Gasteiger partial charge on any atom is 0.372 e. The summed E-state index contributed by atoms with van der Waals surface area (Å²) < 4.78 is 0.714. The van der Waals surface area contributed by atoms with Gasteiger partial charge in [-0.2, -0.15) is 0 Å². The maximum absolute atomic E-state index is 10.9. The quantitative estimate of drug-likeness (QED) is 0.863. The smallest absolute Gasteiger partial charge is 0.372 e. The van der Waals surface area contributed by atoms with Crippen LogP contribution in [-0.4, -0.2) is 16.9 Å². The van der Waals surface area contributed by atoms with Crippen molar-refractivity contribution >= 4 is 39.3 Å². The molecule has 0 radical (unpaired) electrons. The van der Waals surface area contributed by atoms with Crippen molar-refractivity contribution in [2.75, 3.05) is 0 Å². The fourth-order valence-electron chi connectivity index (χ4n) is 0.911. The zero-order valence-electron chi connectivity index (χ0n) is 6.96. The number of carboxylic acid groups (broad SMARTS) is 1. The molecule has 0 aliphatic rings. The van der Waals surface area contributed by atoms with Crippen LogP contribution < -0.4 is 0 Å². The van der Waals surface area contributed by atoms with Gasteiger partial charge in [-0.05, 0) is 33.6 Å². The van der Waals surface area contributed by atoms with E-state index in [0.717, 1.165) is 0 Å². The predicted molar refractivity (Wildman–Crippen MR) is 55.5 cm³/mol. The Bertz CT molecular complexity index is 390. The summed E-state index contributed by atoms with van der Waals surface area (Å²) in [5.74, 6) is -2.27. The average molecular weight is 278 g/mol. The number of halogens is 2. The van der Waals surface area contributed by atoms with Crippen LogP contribution in [0.2, 0.25) is 5.02 Å². The van der Waals surface area contributed by atoms with Crippen molar-refractivity contribution in [2.24, 2.45) is 0 Å². The molecule has 14 heavy (non-hydrogen) atoms. The highest BCUT2D eigenvalue weighted by molar-refractivity contribution is 9.10. The number of hydrogen-bond donors (Lipinski definition) is 1. The molecule has 1 aromatic rings. The van der Waals surface area contributed by atoms with E-state index in [1.165, 1.54) is 0 Å². The van der Waals surface area contributed by atoms with Gasteiger partial charge in [0.05, 0.1) is 5.02 Å². The van der Waals surface area contributed by atoms with Crippen molar-refractivity contribution in [1.82, 2.24) is 0 Å². The molecule has 0 atom stereocenters. The summed E-state index contributed by atoms with van der Waals surface area (Å²) in [6, 6.07) is 4.88. The van der Waals surface area contributed by atoms with Crippen LogP contribution in [0.1, 0.15) is 5.56 Å². The first-order chi connectivity index (χ1) is 6.50. The lowest BCUT2D eigenvalue weighted by Gasteiger charge is -2.00. The molecule has 0 spiro atoms. The van der Waals surface area contributed by atoms with Crippen LogP contribution in [0.4, 0.5) is 0 Å². The minimum absolute atomic E-state index is 0.137. The van der Waals surface area contributed by atoms with E-state index >= 15 is 0 Å². The van der Waals surface area contributed by atoms with Gasteiger partial charge >= 0.3 is 5.97 Å². The average Bonchev–Trinajstić information content (AvgIpc) is 2.11. The zero-order chi connectivity index (χ0) is 10.7. The molecule has 5 heteroatoms. The molecular formula is C9H6BrClO3. The second kappa shape index (κ2) is 4.57. The van der Waals surface area contributed by atoms with E-state index in [9.17, 15) is 9.59 Å². The lowest BCUT2D eigenvalue weighted by atomic mass is 10.1. The lowest BCUT2D eigenvalue weighted by molar-refractivity contribution is -0.148. The Balaban J connectivity index is 2.83. The Morgan fingerprint density at radius 1 is 1.43 bits per heavy atom. The van der Waals surface area contributed by atoms with Gasteiger partial charge in [-0.3, -0.25) is 4.79 Å². The minimum atomic E-state index is -1.43. The Hall–Kier alpha value is -0.870. The van der Waals surface area contributed by atoms with Crippen LogP contribution in [0.5, 0.6) is 0 Å². The minimum Gasteiger partial charge on any atom is -0.475 e. The summed E-state index contributed by atoms with van der Waals surface area (Å²) in [6.45, 7) is 0. The fraction of sp³-hybridized carbons (Fsp3) is 0.111. The summed E-state index contributed by atoms with van der Waals surface area (Å²) in [4.78, 5) is 21.1. The summed E-state index contributed by atoms with van der Waals surface area (Å²) >= 11 is 8.96. The van der Waals surface area contributed by atoms with Crippen molar-refractivity contribution in [2.45, 2.75) is 6.42 Å². The fourth-order valence-corrected chi connectivity index (χ4v) is 1.36. The highest BCUT2D eigenvalue weighted by Crippen LogP contribution is 2.23. The third kappa shape index (κ3) is 2.82. The first-order valence-corrected chi connectivity index (χ1v) is 4.88. The van der Waals surface area contributed by atoms with Crippen LogP contribution in [0, 0.1) is 0 Å². The molecule has 0 saturated carbocycles. The lowest BCUT2D eigenvalue weighted by Crippen LogP contribution is -2.14. The van der Waals surface area contributed by atoms with E-state index in [4.69, 9.17) is 16.7 Å². The highest BCUT2D eigenvalue weighted by Gasteiger charge is 2.12. The zero-order valence-corrected chi connectivity index (χ0v) is 9.30. The van der Waals surface area contributed by atoms with Gasteiger partial charge in [0.25, 0.3) is 0 Å². The summed E-state index contributed by atoms with van der Waals surface area (Å²) in [7, 11) is 0. The van der Waals surface area contributed by atoms with Gasteiger partial charge in [-0.15, -0.1) is 0 Å². The number of carbonyl (C=O) groups excluding carboxylic acids is 1. The monoisotopic (exact) mass is 276 g/mol. The van der Waals surface area contributed by atoms with Gasteiger partial charge in [-0.1, -0.05) is 17.7 Å². The molecule has 1 N–H and O–H groups in total. The number of carboxylic acids is 1. The number of carbonyl (C=O) groups is 2. The molecule has 0 unspecified atom stereocenters. The SMILES string of the molecule is O=C(O)C(=O)Cc1ccc(Br)c(Cl)c1. The molecule has 74 valence electrons. The first kappa shape index (κ1) is 11.2. The molecule has 0 aliphatic carbocycles. The van der Waals surface area contributed by atoms with E-state index in [1.807, 2.05) is 0 Å². The number of aliphatic carboxylic acids is 1. The van der Waals surface area contributed by atoms with Gasteiger partial charge in [0, 0.05) is 10.9 Å². The van der Waals surface area contributed by atoms with Crippen LogP contribution in [0.3, 0.4) is 0 Å². The Morgan fingerprint density at radius 3 is 2.57 bits per heavy atom. The molecule has 0 heterocycles. The van der Waals surface area contributed by atoms with Gasteiger partial charge in [0.2, 0.25) is 5.78 Å². The summed E-state index contributed by atoms with van der Waals surface area (Å²) in [5.41, 5.74) is 0.589. The molecule has 0 saturated heterocycles. The molecule has 0 aliphatic heterocycles. The van der Waals surface area contributed by atoms with Gasteiger partial charge in [0.1, 0.15) is 0 Å².